The van der Waals surface area contributed by atoms with E-state index in [0.29, 0.717) is 39.6 Å². The van der Waals surface area contributed by atoms with E-state index in [1.807, 2.05) is 54.6 Å². The number of fused-ring (bicyclic) bond motifs is 3. The van der Waals surface area contributed by atoms with Gasteiger partial charge in [-0.2, -0.15) is 0 Å². The molecule has 8 heteroatoms. The van der Waals surface area contributed by atoms with Gasteiger partial charge in [0, 0.05) is 28.1 Å². The van der Waals surface area contributed by atoms with Gasteiger partial charge >= 0.3 is 0 Å². The molecule has 0 atom stereocenters. The number of sulfonamides is 1. The minimum atomic E-state index is -3.66. The summed E-state index contributed by atoms with van der Waals surface area (Å²) < 4.78 is 39.0. The van der Waals surface area contributed by atoms with Gasteiger partial charge in [0.2, 0.25) is 10.0 Å². The minimum Gasteiger partial charge on any atom is -0.456 e. The van der Waals surface area contributed by atoms with Gasteiger partial charge in [-0.05, 0) is 60.2 Å². The van der Waals surface area contributed by atoms with E-state index in [1.165, 1.54) is 4.31 Å². The molecule has 0 saturated carbocycles. The van der Waals surface area contributed by atoms with Gasteiger partial charge in [0.1, 0.15) is 16.9 Å². The normalized spacial score (nSPS) is 11.4. The first kappa shape index (κ1) is 26.2. The molecule has 0 saturated heterocycles. The highest BCUT2D eigenvalue weighted by Gasteiger charge is 2.22. The lowest BCUT2D eigenvalue weighted by molar-refractivity contribution is 0.102. The first-order valence-electron chi connectivity index (χ1n) is 13.0. The number of carbonyl (C=O) groups is 1. The van der Waals surface area contributed by atoms with Crippen molar-refractivity contribution < 1.29 is 22.4 Å². The predicted octanol–water partition coefficient (Wildman–Crippen LogP) is 7.60. The van der Waals surface area contributed by atoms with Gasteiger partial charge in [-0.1, -0.05) is 60.7 Å². The molecule has 0 aliphatic carbocycles. The van der Waals surface area contributed by atoms with Crippen molar-refractivity contribution in [2.75, 3.05) is 15.9 Å². The summed E-state index contributed by atoms with van der Waals surface area (Å²) in [6, 6.07) is 36.4. The van der Waals surface area contributed by atoms with Gasteiger partial charge in [0.05, 0.1) is 18.5 Å². The molecule has 0 aliphatic heterocycles. The molecule has 6 aromatic rings. The first-order chi connectivity index (χ1) is 19.8. The number of rotatable bonds is 8. The summed E-state index contributed by atoms with van der Waals surface area (Å²) in [6.45, 7) is 0.0681. The van der Waals surface area contributed by atoms with E-state index in [0.717, 1.165) is 22.6 Å². The lowest BCUT2D eigenvalue weighted by atomic mass is 10.1. The van der Waals surface area contributed by atoms with Crippen molar-refractivity contribution in [2.45, 2.75) is 6.54 Å². The fourth-order valence-electron chi connectivity index (χ4n) is 4.68. The number of hydrogen-bond acceptors (Lipinski definition) is 5. The lowest BCUT2D eigenvalue weighted by Crippen LogP contribution is -2.29. The molecule has 7 nitrogen and oxygen atoms in total. The van der Waals surface area contributed by atoms with E-state index in [9.17, 15) is 13.2 Å². The van der Waals surface area contributed by atoms with Gasteiger partial charge < -0.3 is 14.5 Å². The summed E-state index contributed by atoms with van der Waals surface area (Å²) in [6.07, 6.45) is 1.16. The van der Waals surface area contributed by atoms with Crippen LogP contribution in [0, 0.1) is 0 Å². The Morgan fingerprint density at radius 2 is 1.46 bits per heavy atom. The van der Waals surface area contributed by atoms with Crippen molar-refractivity contribution in [3.05, 3.63) is 132 Å². The Hall–Kier alpha value is -5.08. The van der Waals surface area contributed by atoms with Crippen LogP contribution in [-0.2, 0) is 16.6 Å². The summed E-state index contributed by atoms with van der Waals surface area (Å²) in [5, 5.41) is 4.92. The van der Waals surface area contributed by atoms with E-state index in [2.05, 4.69) is 5.32 Å². The maximum atomic E-state index is 13.0. The maximum Gasteiger partial charge on any atom is 0.255 e. The monoisotopic (exact) mass is 562 g/mol. The van der Waals surface area contributed by atoms with Crippen LogP contribution in [-0.4, -0.2) is 20.6 Å². The van der Waals surface area contributed by atoms with Gasteiger partial charge in [0.25, 0.3) is 5.91 Å². The van der Waals surface area contributed by atoms with Crippen LogP contribution in [0.1, 0.15) is 15.9 Å². The van der Waals surface area contributed by atoms with Crippen molar-refractivity contribution >= 4 is 49.2 Å². The van der Waals surface area contributed by atoms with Gasteiger partial charge in [-0.3, -0.25) is 9.10 Å². The number of amides is 1. The predicted molar refractivity (Wildman–Crippen MR) is 162 cm³/mol. The summed E-state index contributed by atoms with van der Waals surface area (Å²) in [5.41, 5.74) is 3.67. The third kappa shape index (κ3) is 5.64. The Balaban J connectivity index is 1.20. The molecule has 1 heterocycles. The Bertz CT molecular complexity index is 1970. The van der Waals surface area contributed by atoms with E-state index >= 15 is 0 Å². The second-order valence-electron chi connectivity index (χ2n) is 9.61. The van der Waals surface area contributed by atoms with Crippen molar-refractivity contribution in [3.8, 4) is 11.5 Å². The number of para-hydroxylation sites is 4. The Labute approximate surface area is 237 Å². The second-order valence-corrected chi connectivity index (χ2v) is 11.5. The average molecular weight is 563 g/mol. The fraction of sp³-hybridized carbons (Fsp3) is 0.0606. The van der Waals surface area contributed by atoms with Gasteiger partial charge in [0.15, 0.2) is 5.75 Å². The van der Waals surface area contributed by atoms with Gasteiger partial charge in [-0.25, -0.2) is 8.42 Å². The molecule has 1 amide bonds. The van der Waals surface area contributed by atoms with Crippen LogP contribution in [0.4, 0.5) is 11.4 Å². The summed E-state index contributed by atoms with van der Waals surface area (Å²) in [7, 11) is -3.66. The number of nitrogens with one attached hydrogen (secondary N) is 1. The molecule has 0 radical (unpaired) electrons. The highest BCUT2D eigenvalue weighted by Crippen LogP contribution is 2.35. The third-order valence-corrected chi connectivity index (χ3v) is 7.81. The highest BCUT2D eigenvalue weighted by molar-refractivity contribution is 7.92. The zero-order valence-electron chi connectivity index (χ0n) is 22.2. The number of benzene rings is 5. The van der Waals surface area contributed by atoms with Crippen LogP contribution in [0.25, 0.3) is 21.9 Å². The van der Waals surface area contributed by atoms with Crippen LogP contribution in [0.2, 0.25) is 0 Å². The molecule has 0 fully saturated rings. The standard InChI is InChI=1S/C33H26N2O5S/c1-41(37,38)35(29-12-6-8-14-31(29)39-26-9-3-2-4-10-26)22-23-15-17-24(18-16-23)33(36)34-25-19-20-28-27-11-5-7-13-30(27)40-32(28)21-25/h2-21H,22H2,1H3,(H,34,36). The zero-order valence-corrected chi connectivity index (χ0v) is 23.0. The van der Waals surface area contributed by atoms with Crippen LogP contribution in [0.15, 0.2) is 126 Å². The van der Waals surface area contributed by atoms with Crippen LogP contribution >= 0.6 is 0 Å². The Morgan fingerprint density at radius 1 is 0.780 bits per heavy atom. The molecule has 0 aliphatic rings. The molecule has 0 unspecified atom stereocenters. The molecule has 1 aromatic heterocycles. The number of ether oxygens (including phenoxy) is 1. The molecule has 204 valence electrons. The largest absolute Gasteiger partial charge is 0.456 e. The third-order valence-electron chi connectivity index (χ3n) is 6.68. The molecular formula is C33H26N2O5S. The molecule has 0 bridgehead atoms. The summed E-state index contributed by atoms with van der Waals surface area (Å²) in [4.78, 5) is 13.0. The van der Waals surface area contributed by atoms with Crippen LogP contribution in [0.3, 0.4) is 0 Å². The minimum absolute atomic E-state index is 0.0681. The molecule has 5 aromatic carbocycles. The SMILES string of the molecule is CS(=O)(=O)N(Cc1ccc(C(=O)Nc2ccc3c(c2)oc2ccccc23)cc1)c1ccccc1Oc1ccccc1. The van der Waals surface area contributed by atoms with Gasteiger partial charge in [-0.15, -0.1) is 0 Å². The van der Waals surface area contributed by atoms with E-state index < -0.39 is 10.0 Å². The zero-order chi connectivity index (χ0) is 28.4. The quantitative estimate of drug-likeness (QED) is 0.206. The van der Waals surface area contributed by atoms with E-state index in [-0.39, 0.29) is 12.5 Å². The average Bonchev–Trinajstić information content (AvgIpc) is 3.34. The van der Waals surface area contributed by atoms with Crippen LogP contribution < -0.4 is 14.4 Å². The number of hydrogen-bond donors (Lipinski definition) is 1. The summed E-state index contributed by atoms with van der Waals surface area (Å²) in [5.74, 6) is 0.735. The number of nitrogens with zero attached hydrogens (tertiary/aromatic N) is 1. The number of anilines is 2. The first-order valence-corrected chi connectivity index (χ1v) is 14.8. The molecule has 1 N–H and O–H groups in total. The molecule has 41 heavy (non-hydrogen) atoms. The topological polar surface area (TPSA) is 88.9 Å². The number of carbonyl (C=O) groups excluding carboxylic acids is 1. The summed E-state index contributed by atoms with van der Waals surface area (Å²) >= 11 is 0. The second kappa shape index (κ2) is 10.8. The van der Waals surface area contributed by atoms with E-state index in [1.54, 1.807) is 66.7 Å². The Kier molecular flexibility index (Phi) is 6.91. The fourth-order valence-corrected chi connectivity index (χ4v) is 5.57. The lowest BCUT2D eigenvalue weighted by Gasteiger charge is -2.25. The molecular weight excluding hydrogens is 536 g/mol. The molecule has 0 spiro atoms. The van der Waals surface area contributed by atoms with Crippen molar-refractivity contribution in [2.24, 2.45) is 0 Å². The Morgan fingerprint density at radius 3 is 2.24 bits per heavy atom. The van der Waals surface area contributed by atoms with E-state index in [4.69, 9.17) is 9.15 Å². The van der Waals surface area contributed by atoms with Crippen molar-refractivity contribution in [1.82, 2.24) is 0 Å². The van der Waals surface area contributed by atoms with Crippen molar-refractivity contribution in [1.29, 1.82) is 0 Å². The molecule has 6 rings (SSSR count). The van der Waals surface area contributed by atoms with Crippen LogP contribution in [0.5, 0.6) is 11.5 Å². The smallest absolute Gasteiger partial charge is 0.255 e. The van der Waals surface area contributed by atoms with Crippen molar-refractivity contribution in [3.63, 3.8) is 0 Å². The number of furan rings is 1. The highest BCUT2D eigenvalue weighted by atomic mass is 32.2. The maximum absolute atomic E-state index is 13.0.